The average molecular weight is 294 g/mol. The number of nitrogens with zero attached hydrogens (tertiary/aromatic N) is 1. The summed E-state index contributed by atoms with van der Waals surface area (Å²) in [6, 6.07) is 6.06. The Hall–Kier alpha value is -1.13. The molecule has 1 N–H and O–H groups in total. The summed E-state index contributed by atoms with van der Waals surface area (Å²) in [6.07, 6.45) is 1.14. The summed E-state index contributed by atoms with van der Waals surface area (Å²) in [5.41, 5.74) is 0.748. The molecule has 118 valence electrons. The number of ether oxygens (including phenoxy) is 1. The zero-order valence-electron chi connectivity index (χ0n) is 13.5. The van der Waals surface area contributed by atoms with Crippen LogP contribution in [0.3, 0.4) is 0 Å². The largest absolute Gasteiger partial charge is 0.497 e. The third-order valence-electron chi connectivity index (χ3n) is 4.59. The van der Waals surface area contributed by atoms with Crippen LogP contribution in [0.15, 0.2) is 18.2 Å². The van der Waals surface area contributed by atoms with E-state index in [9.17, 15) is 4.39 Å². The highest BCUT2D eigenvalue weighted by atomic mass is 19.1. The van der Waals surface area contributed by atoms with Crippen molar-refractivity contribution in [1.82, 2.24) is 10.2 Å². The Balaban J connectivity index is 2.14. The van der Waals surface area contributed by atoms with Gasteiger partial charge in [-0.05, 0) is 18.9 Å². The van der Waals surface area contributed by atoms with Gasteiger partial charge in [-0.15, -0.1) is 0 Å². The second kappa shape index (κ2) is 7.23. The summed E-state index contributed by atoms with van der Waals surface area (Å²) in [6.45, 7) is 9.28. The lowest BCUT2D eigenvalue weighted by atomic mass is 9.94. The number of hydrogen-bond donors (Lipinski definition) is 1. The van der Waals surface area contributed by atoms with Gasteiger partial charge in [-0.2, -0.15) is 0 Å². The number of benzene rings is 1. The molecule has 21 heavy (non-hydrogen) atoms. The van der Waals surface area contributed by atoms with Crippen LogP contribution >= 0.6 is 0 Å². The molecule has 1 heterocycles. The quantitative estimate of drug-likeness (QED) is 0.903. The Bertz CT molecular complexity index is 466. The predicted octanol–water partition coefficient (Wildman–Crippen LogP) is 3.04. The molecule has 3 unspecified atom stereocenters. The fourth-order valence-corrected chi connectivity index (χ4v) is 3.02. The average Bonchev–Trinajstić information content (AvgIpc) is 2.48. The number of halogens is 1. The van der Waals surface area contributed by atoms with Crippen LogP contribution in [0.2, 0.25) is 0 Å². The molecule has 1 saturated heterocycles. The molecule has 1 aliphatic heterocycles. The minimum Gasteiger partial charge on any atom is -0.497 e. The predicted molar refractivity (Wildman–Crippen MR) is 84.1 cm³/mol. The van der Waals surface area contributed by atoms with E-state index in [0.717, 1.165) is 25.1 Å². The van der Waals surface area contributed by atoms with Crippen molar-refractivity contribution >= 4 is 0 Å². The number of rotatable bonds is 5. The van der Waals surface area contributed by atoms with Crippen LogP contribution in [0.1, 0.15) is 32.8 Å². The molecular weight excluding hydrogens is 267 g/mol. The zero-order valence-corrected chi connectivity index (χ0v) is 13.5. The standard InChI is InChI=1S/C17H27FN2O/c1-5-12(2)17-9-19-13(3)10-20(17)11-14-6-7-15(21-4)8-16(14)18/h6-8,12-13,17,19H,5,9-11H2,1-4H3. The Morgan fingerprint density at radius 1 is 1.48 bits per heavy atom. The van der Waals surface area contributed by atoms with Gasteiger partial charge in [-0.25, -0.2) is 4.39 Å². The van der Waals surface area contributed by atoms with E-state index in [-0.39, 0.29) is 5.82 Å². The summed E-state index contributed by atoms with van der Waals surface area (Å²) in [5.74, 6) is 0.998. The molecule has 0 aromatic heterocycles. The summed E-state index contributed by atoms with van der Waals surface area (Å²) in [4.78, 5) is 2.42. The number of hydrogen-bond acceptors (Lipinski definition) is 3. The van der Waals surface area contributed by atoms with Gasteiger partial charge in [0.15, 0.2) is 0 Å². The van der Waals surface area contributed by atoms with Crippen molar-refractivity contribution in [3.63, 3.8) is 0 Å². The van der Waals surface area contributed by atoms with Crippen molar-refractivity contribution in [3.8, 4) is 5.75 Å². The van der Waals surface area contributed by atoms with E-state index >= 15 is 0 Å². The fourth-order valence-electron chi connectivity index (χ4n) is 3.02. The molecule has 0 bridgehead atoms. The third kappa shape index (κ3) is 3.95. The van der Waals surface area contributed by atoms with E-state index in [0.29, 0.717) is 30.3 Å². The number of methoxy groups -OCH3 is 1. The lowest BCUT2D eigenvalue weighted by Crippen LogP contribution is -2.57. The molecule has 0 radical (unpaired) electrons. The first-order chi connectivity index (χ1) is 10.0. The highest BCUT2D eigenvalue weighted by Crippen LogP contribution is 2.23. The smallest absolute Gasteiger partial charge is 0.131 e. The van der Waals surface area contributed by atoms with Crippen LogP contribution in [0.25, 0.3) is 0 Å². The normalized spacial score (nSPS) is 24.8. The van der Waals surface area contributed by atoms with Gasteiger partial charge in [0, 0.05) is 43.3 Å². The topological polar surface area (TPSA) is 24.5 Å². The molecule has 1 aromatic rings. The first-order valence-electron chi connectivity index (χ1n) is 7.85. The van der Waals surface area contributed by atoms with E-state index in [4.69, 9.17) is 4.74 Å². The molecule has 0 aliphatic carbocycles. The molecule has 0 saturated carbocycles. The first-order valence-corrected chi connectivity index (χ1v) is 7.85. The molecule has 3 atom stereocenters. The SMILES string of the molecule is CCC(C)C1CNC(C)CN1Cc1ccc(OC)cc1F. The van der Waals surface area contributed by atoms with Gasteiger partial charge in [-0.1, -0.05) is 26.3 Å². The molecule has 1 aliphatic rings. The third-order valence-corrected chi connectivity index (χ3v) is 4.59. The van der Waals surface area contributed by atoms with Gasteiger partial charge in [0.1, 0.15) is 11.6 Å². The Morgan fingerprint density at radius 3 is 2.86 bits per heavy atom. The summed E-state index contributed by atoms with van der Waals surface area (Å²) >= 11 is 0. The molecule has 4 heteroatoms. The molecule has 3 nitrogen and oxygen atoms in total. The van der Waals surface area contributed by atoms with Crippen molar-refractivity contribution < 1.29 is 9.13 Å². The Labute approximate surface area is 127 Å². The van der Waals surface area contributed by atoms with Gasteiger partial charge in [0.25, 0.3) is 0 Å². The van der Waals surface area contributed by atoms with Gasteiger partial charge < -0.3 is 10.1 Å². The van der Waals surface area contributed by atoms with E-state index in [2.05, 4.69) is 31.0 Å². The second-order valence-electron chi connectivity index (χ2n) is 6.15. The van der Waals surface area contributed by atoms with Gasteiger partial charge >= 0.3 is 0 Å². The lowest BCUT2D eigenvalue weighted by molar-refractivity contribution is 0.0874. The van der Waals surface area contributed by atoms with Crippen molar-refractivity contribution in [1.29, 1.82) is 0 Å². The van der Waals surface area contributed by atoms with Crippen LogP contribution in [-0.2, 0) is 6.54 Å². The monoisotopic (exact) mass is 294 g/mol. The maximum Gasteiger partial charge on any atom is 0.131 e. The highest BCUT2D eigenvalue weighted by molar-refractivity contribution is 5.29. The molecule has 1 fully saturated rings. The molecule has 0 amide bonds. The second-order valence-corrected chi connectivity index (χ2v) is 6.15. The van der Waals surface area contributed by atoms with E-state index in [1.807, 2.05) is 12.1 Å². The highest BCUT2D eigenvalue weighted by Gasteiger charge is 2.29. The van der Waals surface area contributed by atoms with Crippen molar-refractivity contribution in [3.05, 3.63) is 29.6 Å². The van der Waals surface area contributed by atoms with E-state index in [1.165, 1.54) is 6.07 Å². The van der Waals surface area contributed by atoms with Gasteiger partial charge in [-0.3, -0.25) is 4.90 Å². The van der Waals surface area contributed by atoms with Crippen molar-refractivity contribution in [2.45, 2.75) is 45.8 Å². The maximum atomic E-state index is 14.2. The van der Waals surface area contributed by atoms with E-state index in [1.54, 1.807) is 7.11 Å². The Morgan fingerprint density at radius 2 is 2.24 bits per heavy atom. The van der Waals surface area contributed by atoms with Crippen LogP contribution in [-0.4, -0.2) is 37.2 Å². The fraction of sp³-hybridized carbons (Fsp3) is 0.647. The summed E-state index contributed by atoms with van der Waals surface area (Å²) in [5, 5.41) is 3.54. The zero-order chi connectivity index (χ0) is 15.4. The van der Waals surface area contributed by atoms with Gasteiger partial charge in [0.05, 0.1) is 7.11 Å². The van der Waals surface area contributed by atoms with Crippen LogP contribution < -0.4 is 10.1 Å². The van der Waals surface area contributed by atoms with Crippen LogP contribution in [0, 0.1) is 11.7 Å². The summed E-state index contributed by atoms with van der Waals surface area (Å²) < 4.78 is 19.2. The molecule has 2 rings (SSSR count). The minimum atomic E-state index is -0.177. The molecule has 0 spiro atoms. The van der Waals surface area contributed by atoms with Crippen molar-refractivity contribution in [2.24, 2.45) is 5.92 Å². The van der Waals surface area contributed by atoms with Crippen LogP contribution in [0.5, 0.6) is 5.75 Å². The number of piperazine rings is 1. The first kappa shape index (κ1) is 16.2. The lowest BCUT2D eigenvalue weighted by Gasteiger charge is -2.42. The molecule has 1 aromatic carbocycles. The molecular formula is C17H27FN2O. The number of nitrogens with one attached hydrogen (secondary N) is 1. The van der Waals surface area contributed by atoms with Gasteiger partial charge in [0.2, 0.25) is 0 Å². The van der Waals surface area contributed by atoms with Crippen LogP contribution in [0.4, 0.5) is 4.39 Å². The maximum absolute atomic E-state index is 14.2. The Kier molecular flexibility index (Phi) is 5.59. The van der Waals surface area contributed by atoms with E-state index < -0.39 is 0 Å². The minimum absolute atomic E-state index is 0.177. The summed E-state index contributed by atoms with van der Waals surface area (Å²) in [7, 11) is 1.56. The van der Waals surface area contributed by atoms with Crippen molar-refractivity contribution in [2.75, 3.05) is 20.2 Å².